The van der Waals surface area contributed by atoms with Crippen LogP contribution >= 0.6 is 11.3 Å². The Balaban J connectivity index is 1.41. The number of hydrogen-bond donors (Lipinski definition) is 2. The third kappa shape index (κ3) is 4.75. The second-order valence-corrected chi connectivity index (χ2v) is 11.1. The largest absolute Gasteiger partial charge is 0.390 e. The monoisotopic (exact) mass is 432 g/mol. The Morgan fingerprint density at radius 3 is 2.40 bits per heavy atom. The average Bonchev–Trinajstić information content (AvgIpc) is 3.34. The summed E-state index contributed by atoms with van der Waals surface area (Å²) in [6.07, 6.45) is 12.2. The molecule has 30 heavy (non-hydrogen) atoms. The first-order valence-electron chi connectivity index (χ1n) is 11.8. The lowest BCUT2D eigenvalue weighted by Crippen LogP contribution is -2.53. The molecule has 1 aliphatic heterocycles. The molecule has 5 nitrogen and oxygen atoms in total. The number of amides is 2. The van der Waals surface area contributed by atoms with Crippen LogP contribution in [0.3, 0.4) is 0 Å². The Morgan fingerprint density at radius 2 is 1.70 bits per heavy atom. The molecule has 0 atom stereocenters. The van der Waals surface area contributed by atoms with Crippen molar-refractivity contribution in [2.24, 2.45) is 5.41 Å². The van der Waals surface area contributed by atoms with Crippen molar-refractivity contribution < 1.29 is 14.7 Å². The molecule has 0 aromatic carbocycles. The van der Waals surface area contributed by atoms with Gasteiger partial charge in [-0.3, -0.25) is 9.59 Å². The minimum atomic E-state index is -0.663. The van der Waals surface area contributed by atoms with Crippen molar-refractivity contribution in [3.63, 3.8) is 0 Å². The number of rotatable bonds is 4. The van der Waals surface area contributed by atoms with E-state index < -0.39 is 11.0 Å². The molecule has 0 unspecified atom stereocenters. The molecule has 2 amide bonds. The molecular weight excluding hydrogens is 396 g/mol. The van der Waals surface area contributed by atoms with Crippen molar-refractivity contribution >= 4 is 23.2 Å². The summed E-state index contributed by atoms with van der Waals surface area (Å²) >= 11 is 1.65. The molecule has 1 aromatic heterocycles. The molecule has 1 saturated carbocycles. The number of hydrogen-bond acceptors (Lipinski definition) is 4. The minimum absolute atomic E-state index is 0.0209. The second kappa shape index (κ2) is 8.99. The first-order valence-corrected chi connectivity index (χ1v) is 12.6. The third-order valence-electron chi connectivity index (χ3n) is 7.45. The van der Waals surface area contributed by atoms with Crippen LogP contribution in [0.1, 0.15) is 91.2 Å². The van der Waals surface area contributed by atoms with Gasteiger partial charge in [0.1, 0.15) is 0 Å². The molecule has 4 rings (SSSR count). The number of aryl methyl sites for hydroxylation is 2. The smallest absolute Gasteiger partial charge is 0.261 e. The van der Waals surface area contributed by atoms with E-state index in [1.54, 1.807) is 11.3 Å². The van der Waals surface area contributed by atoms with Crippen LogP contribution in [-0.2, 0) is 17.6 Å². The van der Waals surface area contributed by atoms with Gasteiger partial charge in [-0.15, -0.1) is 11.3 Å². The van der Waals surface area contributed by atoms with Gasteiger partial charge in [-0.2, -0.15) is 0 Å². The predicted molar refractivity (Wildman–Crippen MR) is 120 cm³/mol. The molecule has 2 N–H and O–H groups in total. The standard InChI is InChI=1S/C24H36N2O3S/c1-23(29)12-14-26(15-13-23)22(28)24(10-6-7-11-24)17-25-21(27)20-16-18-8-4-2-3-5-9-19(18)30-20/h16,29H,2-15,17H2,1H3,(H,25,27). The van der Waals surface area contributed by atoms with E-state index in [4.69, 9.17) is 0 Å². The average molecular weight is 433 g/mol. The van der Waals surface area contributed by atoms with E-state index in [1.807, 2.05) is 11.8 Å². The van der Waals surface area contributed by atoms with Crippen LogP contribution in [0.2, 0.25) is 0 Å². The molecule has 1 aromatic rings. The van der Waals surface area contributed by atoms with Crippen molar-refractivity contribution in [2.45, 2.75) is 89.6 Å². The van der Waals surface area contributed by atoms with Gasteiger partial charge in [-0.25, -0.2) is 0 Å². The number of aliphatic hydroxyl groups is 1. The summed E-state index contributed by atoms with van der Waals surface area (Å²) in [5.41, 5.74) is 0.228. The highest BCUT2D eigenvalue weighted by molar-refractivity contribution is 7.14. The second-order valence-electron chi connectivity index (χ2n) is 9.93. The zero-order chi connectivity index (χ0) is 21.2. The summed E-state index contributed by atoms with van der Waals surface area (Å²) in [7, 11) is 0. The van der Waals surface area contributed by atoms with Gasteiger partial charge in [0.05, 0.1) is 15.9 Å². The number of carbonyl (C=O) groups excluding carboxylic acids is 2. The Bertz CT molecular complexity index is 744. The van der Waals surface area contributed by atoms with Crippen molar-refractivity contribution in [2.75, 3.05) is 19.6 Å². The van der Waals surface area contributed by atoms with Gasteiger partial charge in [0.2, 0.25) is 5.91 Å². The zero-order valence-electron chi connectivity index (χ0n) is 18.3. The van der Waals surface area contributed by atoms with Gasteiger partial charge >= 0.3 is 0 Å². The van der Waals surface area contributed by atoms with Crippen molar-refractivity contribution in [3.05, 3.63) is 21.4 Å². The number of piperidine rings is 1. The van der Waals surface area contributed by atoms with Crippen molar-refractivity contribution in [1.29, 1.82) is 0 Å². The number of nitrogens with zero attached hydrogens (tertiary/aromatic N) is 1. The summed E-state index contributed by atoms with van der Waals surface area (Å²) < 4.78 is 0. The van der Waals surface area contributed by atoms with Crippen molar-refractivity contribution in [1.82, 2.24) is 10.2 Å². The van der Waals surface area contributed by atoms with Gasteiger partial charge in [0.15, 0.2) is 0 Å². The molecule has 3 aliphatic rings. The van der Waals surface area contributed by atoms with E-state index in [1.165, 1.54) is 36.1 Å². The fourth-order valence-corrected chi connectivity index (χ4v) is 6.51. The molecule has 0 radical (unpaired) electrons. The Labute approximate surface area is 184 Å². The van der Waals surface area contributed by atoms with Crippen LogP contribution < -0.4 is 5.32 Å². The summed E-state index contributed by atoms with van der Waals surface area (Å²) in [6, 6.07) is 2.09. The van der Waals surface area contributed by atoms with Crippen LogP contribution in [0.4, 0.5) is 0 Å². The van der Waals surface area contributed by atoms with E-state index in [-0.39, 0.29) is 11.8 Å². The normalized spacial score (nSPS) is 23.3. The summed E-state index contributed by atoms with van der Waals surface area (Å²) in [6.45, 7) is 3.50. The number of fused-ring (bicyclic) bond motifs is 1. The maximum absolute atomic E-state index is 13.4. The summed E-state index contributed by atoms with van der Waals surface area (Å²) in [5, 5.41) is 13.3. The lowest BCUT2D eigenvalue weighted by Gasteiger charge is -2.40. The predicted octanol–water partition coefficient (Wildman–Crippen LogP) is 4.07. The number of thiophene rings is 1. The minimum Gasteiger partial charge on any atom is -0.390 e. The van der Waals surface area contributed by atoms with Crippen LogP contribution in [0.15, 0.2) is 6.07 Å². The Morgan fingerprint density at radius 1 is 1.03 bits per heavy atom. The fraction of sp³-hybridized carbons (Fsp3) is 0.750. The SMILES string of the molecule is CC1(O)CCN(C(=O)C2(CNC(=O)c3cc4c(s3)CCCCCC4)CCCC2)CC1. The number of carbonyl (C=O) groups is 2. The van der Waals surface area contributed by atoms with Crippen LogP contribution in [-0.4, -0.2) is 47.1 Å². The van der Waals surface area contributed by atoms with Gasteiger partial charge < -0.3 is 15.3 Å². The molecular formula is C24H36N2O3S. The van der Waals surface area contributed by atoms with Crippen LogP contribution in [0.25, 0.3) is 0 Å². The highest BCUT2D eigenvalue weighted by Crippen LogP contribution is 2.40. The molecule has 0 bridgehead atoms. The van der Waals surface area contributed by atoms with E-state index in [2.05, 4.69) is 11.4 Å². The van der Waals surface area contributed by atoms with Crippen LogP contribution in [0, 0.1) is 5.41 Å². The first kappa shape index (κ1) is 21.8. The van der Waals surface area contributed by atoms with Crippen LogP contribution in [0.5, 0.6) is 0 Å². The molecule has 2 fully saturated rings. The number of likely N-dealkylation sites (tertiary alicyclic amines) is 1. The number of nitrogens with one attached hydrogen (secondary N) is 1. The van der Waals surface area contributed by atoms with Gasteiger partial charge in [0, 0.05) is 24.5 Å². The maximum atomic E-state index is 13.4. The highest BCUT2D eigenvalue weighted by Gasteiger charge is 2.45. The molecule has 2 aliphatic carbocycles. The zero-order valence-corrected chi connectivity index (χ0v) is 19.1. The van der Waals surface area contributed by atoms with E-state index in [9.17, 15) is 14.7 Å². The maximum Gasteiger partial charge on any atom is 0.261 e. The molecule has 166 valence electrons. The quantitative estimate of drug-likeness (QED) is 0.753. The van der Waals surface area contributed by atoms with E-state index in [0.717, 1.165) is 43.4 Å². The van der Waals surface area contributed by atoms with E-state index in [0.29, 0.717) is 32.5 Å². The first-order chi connectivity index (χ1) is 14.4. The van der Waals surface area contributed by atoms with Gasteiger partial charge in [-0.05, 0) is 69.9 Å². The summed E-state index contributed by atoms with van der Waals surface area (Å²) in [5.74, 6) is 0.154. The van der Waals surface area contributed by atoms with Crippen molar-refractivity contribution in [3.8, 4) is 0 Å². The molecule has 0 spiro atoms. The topological polar surface area (TPSA) is 69.6 Å². The van der Waals surface area contributed by atoms with E-state index >= 15 is 0 Å². The van der Waals surface area contributed by atoms with Gasteiger partial charge in [0.25, 0.3) is 5.91 Å². The van der Waals surface area contributed by atoms with Gasteiger partial charge in [-0.1, -0.05) is 25.7 Å². The molecule has 6 heteroatoms. The Hall–Kier alpha value is -1.40. The lowest BCUT2D eigenvalue weighted by atomic mass is 9.82. The Kier molecular flexibility index (Phi) is 6.54. The lowest BCUT2D eigenvalue weighted by molar-refractivity contribution is -0.145. The molecule has 2 heterocycles. The fourth-order valence-electron chi connectivity index (χ4n) is 5.34. The summed E-state index contributed by atoms with van der Waals surface area (Å²) in [4.78, 5) is 30.5. The highest BCUT2D eigenvalue weighted by atomic mass is 32.1. The third-order valence-corrected chi connectivity index (χ3v) is 8.69. The molecule has 1 saturated heterocycles.